The lowest BCUT2D eigenvalue weighted by Gasteiger charge is -2.50. The van der Waals surface area contributed by atoms with E-state index in [9.17, 15) is 27.9 Å². The van der Waals surface area contributed by atoms with Crippen LogP contribution in [0.5, 0.6) is 5.75 Å². The molecule has 0 unspecified atom stereocenters. The van der Waals surface area contributed by atoms with Crippen molar-refractivity contribution in [3.05, 3.63) is 40.4 Å². The predicted octanol–water partition coefficient (Wildman–Crippen LogP) is 1.01. The van der Waals surface area contributed by atoms with Crippen molar-refractivity contribution in [3.63, 3.8) is 0 Å². The van der Waals surface area contributed by atoms with Gasteiger partial charge in [0.2, 0.25) is 0 Å². The molecule has 4 atom stereocenters. The minimum atomic E-state index is -5.03. The Hall–Kier alpha value is -4.37. The Bertz CT molecular complexity index is 1910. The van der Waals surface area contributed by atoms with Crippen LogP contribution in [0.25, 0.3) is 0 Å². The normalized spacial score (nSPS) is 25.9. The van der Waals surface area contributed by atoms with Gasteiger partial charge >= 0.3 is 16.4 Å². The van der Waals surface area contributed by atoms with Gasteiger partial charge in [-0.1, -0.05) is 19.0 Å². The van der Waals surface area contributed by atoms with Crippen molar-refractivity contribution >= 4 is 56.2 Å². The fraction of sp³-hybridized carbons (Fsp3) is 0.548. The van der Waals surface area contributed by atoms with Gasteiger partial charge in [-0.15, -0.1) is 15.6 Å². The van der Waals surface area contributed by atoms with E-state index in [-0.39, 0.29) is 28.2 Å². The highest BCUT2D eigenvalue weighted by Gasteiger charge is 2.58. The van der Waals surface area contributed by atoms with Crippen LogP contribution in [-0.2, 0) is 40.3 Å². The van der Waals surface area contributed by atoms with Gasteiger partial charge in [0.25, 0.3) is 17.4 Å². The molecule has 0 bridgehead atoms. The summed E-state index contributed by atoms with van der Waals surface area (Å²) in [6.07, 6.45) is 0.357. The van der Waals surface area contributed by atoms with E-state index >= 15 is 0 Å². The fourth-order valence-electron chi connectivity index (χ4n) is 6.13. The molecule has 5 rings (SSSR count). The number of aryl methyl sites for hydroxylation is 1. The van der Waals surface area contributed by atoms with Crippen LogP contribution < -0.4 is 26.8 Å². The molecule has 1 aromatic carbocycles. The number of aliphatic imine (C=N–C) groups is 1. The molecule has 1 aromatic heterocycles. The molecule has 2 saturated heterocycles. The highest BCUT2D eigenvalue weighted by atomic mass is 32.3. The summed E-state index contributed by atoms with van der Waals surface area (Å²) in [6.45, 7) is 12.0. The molecule has 3 aliphatic heterocycles. The number of anilines is 1. The Labute approximate surface area is 298 Å². The average molecular weight is 751 g/mol. The number of carboxylic acids is 1. The van der Waals surface area contributed by atoms with Crippen molar-refractivity contribution < 1.29 is 46.3 Å². The maximum Gasteiger partial charge on any atom is 0.418 e. The number of oxime groups is 1. The Kier molecular flexibility index (Phi) is 9.89. The summed E-state index contributed by atoms with van der Waals surface area (Å²) in [7, 11) is -5.03. The number of nitrogens with zero attached hydrogens (tertiary/aromatic N) is 4. The molecule has 2 amide bonds. The van der Waals surface area contributed by atoms with E-state index in [0.29, 0.717) is 28.6 Å². The molecule has 0 radical (unpaired) electrons. The first-order valence-corrected chi connectivity index (χ1v) is 18.2. The third kappa shape index (κ3) is 7.36. The standard InChI is InChI=1S/C31H42N8O10S2/c1-28(2)15-34-12-11-30(28,5)37-23(32)17-7-9-19-16(13-17)8-10-20(47-19)31(6,26(42)43)48-38-21(18-14-50-27(33)35-18)24(40)36-22-25(41)39(29(22,3)4)49-51(44,45)46/h7,9,13-14,20,22,34H,8,10-12,15H2,1-6H3,(H2,32,37)(H2,33,35)(H,36,40)(H,42,43)(H,44,45,46)/b38-21-/t20-,22-,30+,31+/m1/s1. The van der Waals surface area contributed by atoms with Crippen molar-refractivity contribution in [2.75, 3.05) is 18.8 Å². The zero-order valence-electron chi connectivity index (χ0n) is 28.9. The number of carbonyl (C=O) groups excluding carboxylic acids is 2. The number of carboxylic acid groups (broad SMARTS) is 1. The quantitative estimate of drug-likeness (QED) is 0.0615. The number of aliphatic carboxylic acids is 1. The van der Waals surface area contributed by atoms with Crippen LogP contribution in [0, 0.1) is 5.41 Å². The second kappa shape index (κ2) is 13.3. The van der Waals surface area contributed by atoms with Crippen LogP contribution in [0.4, 0.5) is 5.13 Å². The van der Waals surface area contributed by atoms with Gasteiger partial charge in [0.05, 0.1) is 11.1 Å². The molecule has 3 aliphatic rings. The lowest BCUT2D eigenvalue weighted by Crippen LogP contribution is -2.76. The minimum absolute atomic E-state index is 0.0603. The third-order valence-corrected chi connectivity index (χ3v) is 11.0. The second-order valence-corrected chi connectivity index (χ2v) is 16.2. The van der Waals surface area contributed by atoms with Crippen molar-refractivity contribution in [1.82, 2.24) is 20.7 Å². The molecule has 2 fully saturated rings. The van der Waals surface area contributed by atoms with Crippen LogP contribution in [0.1, 0.15) is 71.2 Å². The Morgan fingerprint density at radius 2 is 1.96 bits per heavy atom. The number of hydrogen-bond acceptors (Lipinski definition) is 14. The number of nitrogen functional groups attached to an aromatic ring is 1. The number of hydrogen-bond donors (Lipinski definition) is 6. The number of β-lactam (4-membered cyclic amide) rings is 1. The molecule has 4 heterocycles. The van der Waals surface area contributed by atoms with Crippen molar-refractivity contribution in [1.29, 1.82) is 0 Å². The number of fused-ring (bicyclic) bond motifs is 1. The Morgan fingerprint density at radius 3 is 2.55 bits per heavy atom. The summed E-state index contributed by atoms with van der Waals surface area (Å²) < 4.78 is 41.9. The largest absolute Gasteiger partial charge is 0.485 e. The highest BCUT2D eigenvalue weighted by molar-refractivity contribution is 7.80. The van der Waals surface area contributed by atoms with Gasteiger partial charge in [-0.3, -0.25) is 19.1 Å². The Morgan fingerprint density at radius 1 is 1.25 bits per heavy atom. The molecular weight excluding hydrogens is 709 g/mol. The van der Waals surface area contributed by atoms with Crippen LogP contribution in [0.15, 0.2) is 33.7 Å². The van der Waals surface area contributed by atoms with Gasteiger partial charge in [0, 0.05) is 22.9 Å². The summed E-state index contributed by atoms with van der Waals surface area (Å²) in [4.78, 5) is 53.5. The lowest BCUT2D eigenvalue weighted by molar-refractivity contribution is -0.218. The summed E-state index contributed by atoms with van der Waals surface area (Å²) >= 11 is 0.968. The van der Waals surface area contributed by atoms with Gasteiger partial charge in [-0.2, -0.15) is 13.5 Å². The molecule has 51 heavy (non-hydrogen) atoms. The van der Waals surface area contributed by atoms with Gasteiger partial charge in [-0.05, 0) is 77.3 Å². The van der Waals surface area contributed by atoms with Gasteiger partial charge in [0.1, 0.15) is 23.3 Å². The summed E-state index contributed by atoms with van der Waals surface area (Å²) in [5.41, 5.74) is 9.14. The number of amides is 2. The number of nitrogens with two attached hydrogens (primary N) is 2. The third-order valence-electron chi connectivity index (χ3n) is 9.95. The van der Waals surface area contributed by atoms with E-state index in [1.807, 2.05) is 6.07 Å². The van der Waals surface area contributed by atoms with Crippen molar-refractivity contribution in [3.8, 4) is 5.75 Å². The molecule has 2 aromatic rings. The van der Waals surface area contributed by atoms with E-state index in [1.165, 1.54) is 26.2 Å². The first kappa shape index (κ1) is 37.9. The highest BCUT2D eigenvalue weighted by Crippen LogP contribution is 2.40. The van der Waals surface area contributed by atoms with E-state index in [1.54, 1.807) is 12.1 Å². The van der Waals surface area contributed by atoms with Crippen LogP contribution >= 0.6 is 11.3 Å². The first-order chi connectivity index (χ1) is 23.6. The molecule has 278 valence electrons. The summed E-state index contributed by atoms with van der Waals surface area (Å²) in [6, 6.07) is 3.99. The molecule has 0 saturated carbocycles. The smallest absolute Gasteiger partial charge is 0.418 e. The predicted molar refractivity (Wildman–Crippen MR) is 185 cm³/mol. The summed E-state index contributed by atoms with van der Waals surface area (Å²) in [5, 5.41) is 21.9. The van der Waals surface area contributed by atoms with E-state index in [0.717, 1.165) is 36.4 Å². The zero-order chi connectivity index (χ0) is 37.7. The number of aromatic nitrogens is 1. The first-order valence-electron chi connectivity index (χ1n) is 16.0. The van der Waals surface area contributed by atoms with Crippen LogP contribution in [-0.4, -0.2) is 99.4 Å². The number of ether oxygens (including phenoxy) is 1. The molecule has 0 aliphatic carbocycles. The van der Waals surface area contributed by atoms with Gasteiger partial charge in [0.15, 0.2) is 16.9 Å². The van der Waals surface area contributed by atoms with Gasteiger partial charge in [-0.25, -0.2) is 9.78 Å². The van der Waals surface area contributed by atoms with E-state index in [4.69, 9.17) is 30.6 Å². The van der Waals surface area contributed by atoms with E-state index < -0.39 is 57.2 Å². The maximum absolute atomic E-state index is 13.5. The SMILES string of the molecule is CC1(C)[C@H](NC(=O)/C(=N\O[C@](C)(C(=O)O)[C@H]2CCc3cc(C(N)=N[C@@]4(C)CCNCC4(C)C)ccc3O2)c2csc(N)n2)C(=O)N1OS(=O)(=O)O. The molecular formula is C31H42N8O10S2. The minimum Gasteiger partial charge on any atom is -0.485 e. The average Bonchev–Trinajstić information content (AvgIpc) is 3.48. The number of piperidine rings is 1. The monoisotopic (exact) mass is 750 g/mol. The molecule has 8 N–H and O–H groups in total. The number of hydroxylamine groups is 2. The van der Waals surface area contributed by atoms with Gasteiger partial charge < -0.3 is 36.8 Å². The Balaban J connectivity index is 1.36. The number of rotatable bonds is 11. The number of thiazole rings is 1. The number of benzene rings is 1. The zero-order valence-corrected chi connectivity index (χ0v) is 30.6. The summed E-state index contributed by atoms with van der Waals surface area (Å²) in [5.74, 6) is -2.63. The topological polar surface area (TPSA) is 270 Å². The molecule has 0 spiro atoms. The second-order valence-electron chi connectivity index (χ2n) is 14.3. The van der Waals surface area contributed by atoms with Crippen molar-refractivity contribution in [2.45, 2.75) is 89.6 Å². The molecule has 20 heteroatoms. The molecule has 18 nitrogen and oxygen atoms in total. The fourth-order valence-corrected chi connectivity index (χ4v) is 7.13. The maximum atomic E-state index is 13.5. The van der Waals surface area contributed by atoms with Crippen LogP contribution in [0.3, 0.4) is 0 Å². The number of carbonyl (C=O) groups is 3. The lowest BCUT2D eigenvalue weighted by atomic mass is 9.69. The van der Waals surface area contributed by atoms with E-state index in [2.05, 4.69) is 45.8 Å². The van der Waals surface area contributed by atoms with Crippen molar-refractivity contribution in [2.24, 2.45) is 21.3 Å². The van der Waals surface area contributed by atoms with Crippen LogP contribution in [0.2, 0.25) is 0 Å². The number of amidine groups is 1. The number of nitrogens with one attached hydrogen (secondary N) is 2.